The zero-order valence-corrected chi connectivity index (χ0v) is 18.8. The van der Waals surface area contributed by atoms with E-state index in [0.29, 0.717) is 10.8 Å². The second-order valence-corrected chi connectivity index (χ2v) is 9.57. The van der Waals surface area contributed by atoms with E-state index >= 15 is 0 Å². The first-order valence-corrected chi connectivity index (χ1v) is 11.7. The summed E-state index contributed by atoms with van der Waals surface area (Å²) in [5, 5.41) is 4.74. The number of benzene rings is 2. The molecule has 0 aliphatic heterocycles. The number of hydrogen-bond donors (Lipinski definition) is 2. The highest BCUT2D eigenvalue weighted by atomic mass is 79.9. The Morgan fingerprint density at radius 2 is 1.93 bits per heavy atom. The van der Waals surface area contributed by atoms with E-state index in [1.54, 1.807) is 5.38 Å². The number of nitrogens with zero attached hydrogens (tertiary/aromatic N) is 1. The van der Waals surface area contributed by atoms with Crippen LogP contribution in [0.4, 0.5) is 5.13 Å². The lowest BCUT2D eigenvalue weighted by molar-refractivity contribution is -0.119. The summed E-state index contributed by atoms with van der Waals surface area (Å²) in [5.41, 5.74) is 1.62. The van der Waals surface area contributed by atoms with Crippen molar-refractivity contribution >= 4 is 54.3 Å². The first-order valence-electron chi connectivity index (χ1n) is 8.50. The van der Waals surface area contributed by atoms with E-state index in [2.05, 4.69) is 31.0 Å². The first-order chi connectivity index (χ1) is 14.3. The minimum atomic E-state index is -3.70. The molecule has 0 unspecified atom stereocenters. The number of halogens is 1. The van der Waals surface area contributed by atoms with Crippen LogP contribution in [-0.4, -0.2) is 38.9 Å². The number of carbonyl (C=O) groups excluding carboxylic acids is 2. The van der Waals surface area contributed by atoms with Crippen molar-refractivity contribution in [1.29, 1.82) is 0 Å². The molecule has 1 heterocycles. The molecule has 0 aliphatic carbocycles. The molecular weight excluding hydrogens is 494 g/mol. The smallest absolute Gasteiger partial charge is 0.338 e. The lowest BCUT2D eigenvalue weighted by Gasteiger charge is -2.07. The highest BCUT2D eigenvalue weighted by Crippen LogP contribution is 2.26. The number of rotatable bonds is 7. The molecule has 0 bridgehead atoms. The van der Waals surface area contributed by atoms with Crippen LogP contribution in [0.25, 0.3) is 11.3 Å². The van der Waals surface area contributed by atoms with E-state index in [1.165, 1.54) is 42.6 Å². The quantitative estimate of drug-likeness (QED) is 0.472. The molecule has 0 radical (unpaired) electrons. The Bertz CT molecular complexity index is 1190. The average Bonchev–Trinajstić information content (AvgIpc) is 3.20. The van der Waals surface area contributed by atoms with Crippen LogP contribution in [0.2, 0.25) is 0 Å². The van der Waals surface area contributed by atoms with Gasteiger partial charge in [-0.15, -0.1) is 11.3 Å². The van der Waals surface area contributed by atoms with Gasteiger partial charge in [0.15, 0.2) is 11.7 Å². The Labute approximate surface area is 185 Å². The van der Waals surface area contributed by atoms with Crippen LogP contribution in [0.3, 0.4) is 0 Å². The summed E-state index contributed by atoms with van der Waals surface area (Å²) in [6, 6.07) is 12.9. The van der Waals surface area contributed by atoms with Gasteiger partial charge < -0.3 is 4.74 Å². The molecular formula is C19H16BrN3O5S2. The maximum absolute atomic E-state index is 12.2. The topological polar surface area (TPSA) is 114 Å². The van der Waals surface area contributed by atoms with Gasteiger partial charge in [-0.3, -0.25) is 10.1 Å². The van der Waals surface area contributed by atoms with E-state index in [-0.39, 0.29) is 10.5 Å². The van der Waals surface area contributed by atoms with Gasteiger partial charge in [0.05, 0.1) is 16.2 Å². The Balaban J connectivity index is 1.59. The maximum atomic E-state index is 12.2. The molecule has 0 spiro atoms. The number of hydrogen-bond acceptors (Lipinski definition) is 7. The van der Waals surface area contributed by atoms with Gasteiger partial charge in [0.2, 0.25) is 10.0 Å². The van der Waals surface area contributed by atoms with Crippen molar-refractivity contribution < 1.29 is 22.7 Å². The van der Waals surface area contributed by atoms with Gasteiger partial charge in [-0.05, 0) is 37.4 Å². The summed E-state index contributed by atoms with van der Waals surface area (Å²) in [6.07, 6.45) is 0. The summed E-state index contributed by atoms with van der Waals surface area (Å²) < 4.78 is 31.7. The number of amides is 1. The third kappa shape index (κ3) is 5.51. The molecule has 0 aliphatic rings. The SMILES string of the molecule is CNS(=O)(=O)c1cccc(C(=O)OCC(=O)Nc2nc(-c3cccc(Br)c3)cs2)c1. The number of sulfonamides is 1. The molecule has 0 fully saturated rings. The van der Waals surface area contributed by atoms with Crippen molar-refractivity contribution in [2.24, 2.45) is 0 Å². The third-order valence-electron chi connectivity index (χ3n) is 3.85. The number of carbonyl (C=O) groups is 2. The Kier molecular flexibility index (Phi) is 6.98. The fourth-order valence-corrected chi connectivity index (χ4v) is 4.30. The molecule has 11 heteroatoms. The summed E-state index contributed by atoms with van der Waals surface area (Å²) >= 11 is 4.64. The van der Waals surface area contributed by atoms with Crippen molar-refractivity contribution in [1.82, 2.24) is 9.71 Å². The summed E-state index contributed by atoms with van der Waals surface area (Å²) in [7, 11) is -2.43. The molecule has 2 N–H and O–H groups in total. The van der Waals surface area contributed by atoms with Gasteiger partial charge in [0.1, 0.15) is 0 Å². The van der Waals surface area contributed by atoms with E-state index in [9.17, 15) is 18.0 Å². The van der Waals surface area contributed by atoms with Crippen LogP contribution < -0.4 is 10.0 Å². The summed E-state index contributed by atoms with van der Waals surface area (Å²) in [5.74, 6) is -1.37. The van der Waals surface area contributed by atoms with Crippen molar-refractivity contribution in [3.63, 3.8) is 0 Å². The molecule has 3 aromatic rings. The van der Waals surface area contributed by atoms with Crippen LogP contribution in [0, 0.1) is 0 Å². The van der Waals surface area contributed by atoms with Crippen LogP contribution in [0.1, 0.15) is 10.4 Å². The second-order valence-electron chi connectivity index (χ2n) is 5.91. The van der Waals surface area contributed by atoms with E-state index in [0.717, 1.165) is 10.0 Å². The molecule has 0 atom stereocenters. The molecule has 8 nitrogen and oxygen atoms in total. The zero-order chi connectivity index (χ0) is 21.7. The number of nitrogens with one attached hydrogen (secondary N) is 2. The van der Waals surface area contributed by atoms with Crippen LogP contribution in [0.15, 0.2) is 63.3 Å². The molecule has 0 saturated heterocycles. The molecule has 30 heavy (non-hydrogen) atoms. The highest BCUT2D eigenvalue weighted by molar-refractivity contribution is 9.10. The molecule has 3 rings (SSSR count). The van der Waals surface area contributed by atoms with Crippen molar-refractivity contribution in [2.75, 3.05) is 19.0 Å². The molecule has 0 saturated carbocycles. The number of ether oxygens (including phenoxy) is 1. The fourth-order valence-electron chi connectivity index (χ4n) is 2.39. The van der Waals surface area contributed by atoms with Crippen molar-refractivity contribution in [3.8, 4) is 11.3 Å². The molecule has 1 aromatic heterocycles. The second kappa shape index (κ2) is 9.47. The predicted octanol–water partition coefficient (Wildman–Crippen LogP) is 3.28. The van der Waals surface area contributed by atoms with Crippen LogP contribution in [0.5, 0.6) is 0 Å². The lowest BCUT2D eigenvalue weighted by atomic mass is 10.2. The average molecular weight is 510 g/mol. The van der Waals surface area contributed by atoms with Crippen LogP contribution in [-0.2, 0) is 19.6 Å². The van der Waals surface area contributed by atoms with Gasteiger partial charge >= 0.3 is 5.97 Å². The number of anilines is 1. The third-order valence-corrected chi connectivity index (χ3v) is 6.52. The lowest BCUT2D eigenvalue weighted by Crippen LogP contribution is -2.21. The van der Waals surface area contributed by atoms with E-state index in [4.69, 9.17) is 4.74 Å². The summed E-state index contributed by atoms with van der Waals surface area (Å²) in [6.45, 7) is -0.534. The van der Waals surface area contributed by atoms with Crippen molar-refractivity contribution in [3.05, 3.63) is 63.9 Å². The number of esters is 1. The minimum Gasteiger partial charge on any atom is -0.452 e. The molecule has 156 valence electrons. The minimum absolute atomic E-state index is 0.0188. The van der Waals surface area contributed by atoms with E-state index < -0.39 is 28.5 Å². The van der Waals surface area contributed by atoms with Gasteiger partial charge in [0, 0.05) is 15.4 Å². The molecule has 1 amide bonds. The monoisotopic (exact) mass is 509 g/mol. The molecule has 2 aromatic carbocycles. The largest absolute Gasteiger partial charge is 0.452 e. The predicted molar refractivity (Wildman–Crippen MR) is 117 cm³/mol. The summed E-state index contributed by atoms with van der Waals surface area (Å²) in [4.78, 5) is 28.5. The van der Waals surface area contributed by atoms with E-state index in [1.807, 2.05) is 24.3 Å². The van der Waals surface area contributed by atoms with Gasteiger partial charge in [-0.2, -0.15) is 0 Å². The van der Waals surface area contributed by atoms with Gasteiger partial charge in [-0.25, -0.2) is 22.9 Å². The Morgan fingerprint density at radius 1 is 1.17 bits per heavy atom. The zero-order valence-electron chi connectivity index (χ0n) is 15.6. The maximum Gasteiger partial charge on any atom is 0.338 e. The fraction of sp³-hybridized carbons (Fsp3) is 0.105. The van der Waals surface area contributed by atoms with Gasteiger partial charge in [0.25, 0.3) is 5.91 Å². The van der Waals surface area contributed by atoms with Gasteiger partial charge in [-0.1, -0.05) is 34.1 Å². The first kappa shape index (κ1) is 22.1. The van der Waals surface area contributed by atoms with Crippen molar-refractivity contribution in [2.45, 2.75) is 4.90 Å². The normalized spacial score (nSPS) is 11.1. The Morgan fingerprint density at radius 3 is 2.67 bits per heavy atom. The highest BCUT2D eigenvalue weighted by Gasteiger charge is 2.16. The number of thiazole rings is 1. The van der Waals surface area contributed by atoms with Crippen LogP contribution >= 0.6 is 27.3 Å². The Hall–Kier alpha value is -2.60. The number of aromatic nitrogens is 1. The standard InChI is InChI=1S/C19H16BrN3O5S2/c1-21-30(26,27)15-7-3-5-13(9-15)18(25)28-10-17(24)23-19-22-16(11-29-19)12-4-2-6-14(20)8-12/h2-9,11,21H,10H2,1H3,(H,22,23,24).